The summed E-state index contributed by atoms with van der Waals surface area (Å²) in [6.07, 6.45) is 0. The van der Waals surface area contributed by atoms with Crippen molar-refractivity contribution < 1.29 is 0 Å². The van der Waals surface area contributed by atoms with Crippen LogP contribution in [0.1, 0.15) is 25.0 Å². The van der Waals surface area contributed by atoms with Crippen LogP contribution in [0, 0.1) is 0 Å². The van der Waals surface area contributed by atoms with Crippen LogP contribution in [-0.2, 0) is 5.41 Å². The van der Waals surface area contributed by atoms with Gasteiger partial charge in [0.1, 0.15) is 0 Å². The molecular weight excluding hydrogens is 589 g/mol. The van der Waals surface area contributed by atoms with E-state index < -0.39 is 0 Å². The van der Waals surface area contributed by atoms with Gasteiger partial charge in [-0.25, -0.2) is 0 Å². The van der Waals surface area contributed by atoms with Crippen molar-refractivity contribution in [3.05, 3.63) is 181 Å². The van der Waals surface area contributed by atoms with Crippen LogP contribution in [0.2, 0.25) is 0 Å². The molecule has 0 bridgehead atoms. The maximum absolute atomic E-state index is 2.53. The molecule has 0 saturated carbocycles. The van der Waals surface area contributed by atoms with Crippen molar-refractivity contribution in [1.82, 2.24) is 0 Å². The van der Waals surface area contributed by atoms with Crippen LogP contribution in [0.5, 0.6) is 0 Å². The number of benzene rings is 9. The second kappa shape index (κ2) is 10.5. The highest BCUT2D eigenvalue weighted by molar-refractivity contribution is 6.25. The van der Waals surface area contributed by atoms with Crippen molar-refractivity contribution in [1.29, 1.82) is 0 Å². The summed E-state index contributed by atoms with van der Waals surface area (Å²) in [4.78, 5) is 0. The number of fused-ring (bicyclic) bond motifs is 7. The SMILES string of the molecule is CC1(C)c2ccccc2-c2cc3c(-c4ccc(-c5ccccc5)c5ccccc45)c4ccccc4c(-c4ccc5ccccc5c4)c3cc21. The normalized spacial score (nSPS) is 13.3. The minimum atomic E-state index is -0.101. The van der Waals surface area contributed by atoms with Gasteiger partial charge >= 0.3 is 0 Å². The van der Waals surface area contributed by atoms with E-state index in [0.29, 0.717) is 0 Å². The molecule has 0 radical (unpaired) electrons. The lowest BCUT2D eigenvalue weighted by Crippen LogP contribution is -2.14. The molecule has 0 aromatic heterocycles. The molecule has 0 unspecified atom stereocenters. The topological polar surface area (TPSA) is 0 Å². The van der Waals surface area contributed by atoms with Crippen molar-refractivity contribution in [2.24, 2.45) is 0 Å². The zero-order valence-electron chi connectivity index (χ0n) is 27.7. The van der Waals surface area contributed by atoms with Crippen molar-refractivity contribution >= 4 is 43.1 Å². The van der Waals surface area contributed by atoms with Gasteiger partial charge in [0.15, 0.2) is 0 Å². The second-order valence-corrected chi connectivity index (χ2v) is 14.0. The summed E-state index contributed by atoms with van der Waals surface area (Å²) >= 11 is 0. The lowest BCUT2D eigenvalue weighted by Gasteiger charge is -2.24. The van der Waals surface area contributed by atoms with Crippen LogP contribution >= 0.6 is 0 Å². The lowest BCUT2D eigenvalue weighted by atomic mass is 9.79. The highest BCUT2D eigenvalue weighted by Gasteiger charge is 2.36. The fourth-order valence-corrected chi connectivity index (χ4v) is 8.70. The number of hydrogen-bond donors (Lipinski definition) is 0. The predicted molar refractivity (Wildman–Crippen MR) is 210 cm³/mol. The molecule has 0 amide bonds. The largest absolute Gasteiger partial charge is 0.0622 e. The first-order valence-electron chi connectivity index (χ1n) is 17.3. The zero-order valence-corrected chi connectivity index (χ0v) is 27.7. The van der Waals surface area contributed by atoms with E-state index in [0.717, 1.165) is 0 Å². The summed E-state index contributed by atoms with van der Waals surface area (Å²) in [5, 5.41) is 10.2. The smallest absolute Gasteiger partial charge is 0.0159 e. The van der Waals surface area contributed by atoms with Crippen molar-refractivity contribution in [3.63, 3.8) is 0 Å². The molecule has 0 fully saturated rings. The molecule has 0 heterocycles. The summed E-state index contributed by atoms with van der Waals surface area (Å²) in [7, 11) is 0. The Bertz CT molecular complexity index is 2780. The number of rotatable bonds is 3. The summed E-state index contributed by atoms with van der Waals surface area (Å²) < 4.78 is 0. The Hall–Kier alpha value is -5.98. The Kier molecular flexibility index (Phi) is 6.02. The minimum absolute atomic E-state index is 0.101. The first kappa shape index (κ1) is 28.1. The monoisotopic (exact) mass is 622 g/mol. The zero-order chi connectivity index (χ0) is 32.7. The summed E-state index contributed by atoms with van der Waals surface area (Å²) in [5.41, 5.74) is 13.0. The molecule has 0 aliphatic heterocycles. The third kappa shape index (κ3) is 4.11. The molecule has 49 heavy (non-hydrogen) atoms. The van der Waals surface area contributed by atoms with Crippen LogP contribution in [0.25, 0.3) is 87.6 Å². The molecule has 230 valence electrons. The maximum Gasteiger partial charge on any atom is 0.0159 e. The van der Waals surface area contributed by atoms with Gasteiger partial charge in [0, 0.05) is 5.41 Å². The van der Waals surface area contributed by atoms with Crippen LogP contribution < -0.4 is 0 Å². The van der Waals surface area contributed by atoms with Crippen LogP contribution in [-0.4, -0.2) is 0 Å². The van der Waals surface area contributed by atoms with E-state index in [2.05, 4.69) is 184 Å². The third-order valence-electron chi connectivity index (χ3n) is 11.0. The van der Waals surface area contributed by atoms with Crippen molar-refractivity contribution in [2.75, 3.05) is 0 Å². The summed E-state index contributed by atoms with van der Waals surface area (Å²) in [6.45, 7) is 4.77. The Morgan fingerprint density at radius 3 is 1.69 bits per heavy atom. The Morgan fingerprint density at radius 2 is 0.898 bits per heavy atom. The second-order valence-electron chi connectivity index (χ2n) is 14.0. The Labute approximate surface area is 286 Å². The van der Waals surface area contributed by atoms with E-state index in [4.69, 9.17) is 0 Å². The maximum atomic E-state index is 2.53. The van der Waals surface area contributed by atoms with Gasteiger partial charge in [0.05, 0.1) is 0 Å². The predicted octanol–water partition coefficient (Wildman–Crippen LogP) is 13.6. The van der Waals surface area contributed by atoms with E-state index >= 15 is 0 Å². The van der Waals surface area contributed by atoms with E-state index in [1.54, 1.807) is 0 Å². The Balaban J connectivity index is 1.38. The van der Waals surface area contributed by atoms with E-state index in [-0.39, 0.29) is 5.41 Å². The van der Waals surface area contributed by atoms with Gasteiger partial charge in [-0.05, 0) is 117 Å². The molecular formula is C49H34. The standard InChI is InChI=1S/C49H34/c1-49(2)45-23-13-12-20-38(45)42-29-43-44(30-46(42)49)47(34-25-24-31-14-6-7-17-33(31)28-34)39-21-10-11-22-40(39)48(43)41-27-26-35(32-15-4-3-5-16-32)36-18-8-9-19-37(36)41/h3-30H,1-2H3. The average Bonchev–Trinajstić information content (AvgIpc) is 3.38. The molecule has 0 N–H and O–H groups in total. The molecule has 9 aromatic carbocycles. The molecule has 1 aliphatic rings. The van der Waals surface area contributed by atoms with Crippen LogP contribution in [0.3, 0.4) is 0 Å². The molecule has 0 saturated heterocycles. The first-order chi connectivity index (χ1) is 24.1. The lowest BCUT2D eigenvalue weighted by molar-refractivity contribution is 0.661. The van der Waals surface area contributed by atoms with Gasteiger partial charge in [-0.15, -0.1) is 0 Å². The first-order valence-corrected chi connectivity index (χ1v) is 17.3. The highest BCUT2D eigenvalue weighted by Crippen LogP contribution is 2.54. The third-order valence-corrected chi connectivity index (χ3v) is 11.0. The number of hydrogen-bond acceptors (Lipinski definition) is 0. The molecule has 1 aliphatic carbocycles. The van der Waals surface area contributed by atoms with Gasteiger partial charge in [0.2, 0.25) is 0 Å². The summed E-state index contributed by atoms with van der Waals surface area (Å²) in [6, 6.07) is 63.2. The Morgan fingerprint density at radius 1 is 0.306 bits per heavy atom. The van der Waals surface area contributed by atoms with Crippen LogP contribution in [0.4, 0.5) is 0 Å². The molecule has 9 aromatic rings. The molecule has 0 spiro atoms. The fourth-order valence-electron chi connectivity index (χ4n) is 8.70. The van der Waals surface area contributed by atoms with Crippen LogP contribution in [0.15, 0.2) is 170 Å². The van der Waals surface area contributed by atoms with Gasteiger partial charge in [-0.2, -0.15) is 0 Å². The van der Waals surface area contributed by atoms with E-state index in [1.807, 2.05) is 0 Å². The van der Waals surface area contributed by atoms with Gasteiger partial charge in [0.25, 0.3) is 0 Å². The van der Waals surface area contributed by atoms with E-state index in [1.165, 1.54) is 98.7 Å². The van der Waals surface area contributed by atoms with Crippen molar-refractivity contribution in [2.45, 2.75) is 19.3 Å². The summed E-state index contributed by atoms with van der Waals surface area (Å²) in [5.74, 6) is 0. The average molecular weight is 623 g/mol. The molecule has 10 rings (SSSR count). The minimum Gasteiger partial charge on any atom is -0.0622 e. The molecule has 0 nitrogen and oxygen atoms in total. The van der Waals surface area contributed by atoms with E-state index in [9.17, 15) is 0 Å². The van der Waals surface area contributed by atoms with Gasteiger partial charge < -0.3 is 0 Å². The van der Waals surface area contributed by atoms with Crippen molar-refractivity contribution in [3.8, 4) is 44.5 Å². The fraction of sp³-hybridized carbons (Fsp3) is 0.0612. The quantitative estimate of drug-likeness (QED) is 0.172. The van der Waals surface area contributed by atoms with Gasteiger partial charge in [-0.1, -0.05) is 166 Å². The molecule has 0 heteroatoms. The van der Waals surface area contributed by atoms with Gasteiger partial charge in [-0.3, -0.25) is 0 Å². The molecule has 0 atom stereocenters. The highest BCUT2D eigenvalue weighted by atomic mass is 14.4.